The van der Waals surface area contributed by atoms with E-state index in [1.54, 1.807) is 13.4 Å². The van der Waals surface area contributed by atoms with Crippen molar-refractivity contribution in [2.75, 3.05) is 7.11 Å². The first kappa shape index (κ1) is 19.6. The minimum Gasteiger partial charge on any atom is -0.497 e. The van der Waals surface area contributed by atoms with Gasteiger partial charge in [-0.1, -0.05) is 23.9 Å². The molecule has 1 aromatic carbocycles. The lowest BCUT2D eigenvalue weighted by Crippen LogP contribution is -2.30. The van der Waals surface area contributed by atoms with Crippen molar-refractivity contribution in [3.8, 4) is 5.75 Å². The highest BCUT2D eigenvalue weighted by Crippen LogP contribution is 2.40. The fourth-order valence-electron chi connectivity index (χ4n) is 3.03. The maximum absolute atomic E-state index is 12.6. The summed E-state index contributed by atoms with van der Waals surface area (Å²) in [5.41, 5.74) is 1.02. The Kier molecular flexibility index (Phi) is 5.89. The van der Waals surface area contributed by atoms with Gasteiger partial charge < -0.3 is 14.5 Å². The number of hydrogen-bond acceptors (Lipinski definition) is 6. The van der Waals surface area contributed by atoms with Crippen LogP contribution in [-0.2, 0) is 17.9 Å². The van der Waals surface area contributed by atoms with E-state index in [1.807, 2.05) is 43.3 Å². The second-order valence-electron chi connectivity index (χ2n) is 7.11. The van der Waals surface area contributed by atoms with E-state index in [9.17, 15) is 4.79 Å². The van der Waals surface area contributed by atoms with Crippen LogP contribution in [0.4, 0.5) is 0 Å². The summed E-state index contributed by atoms with van der Waals surface area (Å²) in [6.07, 6.45) is 3.94. The van der Waals surface area contributed by atoms with E-state index in [-0.39, 0.29) is 11.2 Å². The Morgan fingerprint density at radius 3 is 2.76 bits per heavy atom. The molecule has 152 valence electrons. The molecule has 3 aromatic rings. The van der Waals surface area contributed by atoms with Crippen LogP contribution in [0, 0.1) is 0 Å². The molecule has 0 bridgehead atoms. The van der Waals surface area contributed by atoms with Crippen LogP contribution in [0.2, 0.25) is 0 Å². The first-order valence-corrected chi connectivity index (χ1v) is 10.5. The van der Waals surface area contributed by atoms with Gasteiger partial charge in [0.05, 0.1) is 25.2 Å². The van der Waals surface area contributed by atoms with Crippen LogP contribution < -0.4 is 10.1 Å². The SMILES string of the molecule is COc1ccc(CNC(=O)C(C)Sc2nnc(C3CC3)n2Cc2ccco2)cc1. The topological polar surface area (TPSA) is 82.2 Å². The van der Waals surface area contributed by atoms with Crippen LogP contribution in [0.3, 0.4) is 0 Å². The standard InChI is InChI=1S/C21H24N4O3S/c1-14(20(26)22-12-15-5-9-17(27-2)10-6-15)29-21-24-23-19(16-7-8-16)25(21)13-18-4-3-11-28-18/h3-6,9-11,14,16H,7-8,12-13H2,1-2H3,(H,22,26). The Hall–Kier alpha value is -2.74. The van der Waals surface area contributed by atoms with Crippen LogP contribution in [0.1, 0.15) is 42.8 Å². The fourth-order valence-corrected chi connectivity index (χ4v) is 3.91. The molecule has 1 saturated carbocycles. The molecule has 0 aliphatic heterocycles. The van der Waals surface area contributed by atoms with Crippen molar-refractivity contribution in [2.45, 2.75) is 49.2 Å². The first-order chi connectivity index (χ1) is 14.1. The molecule has 1 fully saturated rings. The van der Waals surface area contributed by atoms with Crippen LogP contribution in [0.25, 0.3) is 0 Å². The molecule has 1 aliphatic carbocycles. The average molecular weight is 413 g/mol. The number of methoxy groups -OCH3 is 1. The number of hydrogen-bond donors (Lipinski definition) is 1. The molecule has 4 rings (SSSR count). The summed E-state index contributed by atoms with van der Waals surface area (Å²) in [4.78, 5) is 12.6. The van der Waals surface area contributed by atoms with E-state index in [2.05, 4.69) is 20.1 Å². The number of benzene rings is 1. The molecule has 1 atom stereocenters. The highest BCUT2D eigenvalue weighted by Gasteiger charge is 2.31. The molecule has 1 amide bonds. The summed E-state index contributed by atoms with van der Waals surface area (Å²) >= 11 is 1.42. The minimum atomic E-state index is -0.292. The summed E-state index contributed by atoms with van der Waals surface area (Å²) in [6, 6.07) is 11.5. The van der Waals surface area contributed by atoms with Gasteiger partial charge in [0.15, 0.2) is 5.16 Å². The van der Waals surface area contributed by atoms with E-state index in [1.165, 1.54) is 11.8 Å². The number of carbonyl (C=O) groups excluding carboxylic acids is 1. The number of carbonyl (C=O) groups is 1. The van der Waals surface area contributed by atoms with Gasteiger partial charge in [-0.15, -0.1) is 10.2 Å². The van der Waals surface area contributed by atoms with Crippen molar-refractivity contribution in [3.63, 3.8) is 0 Å². The molecule has 2 aromatic heterocycles. The Labute approximate surface area is 173 Å². The van der Waals surface area contributed by atoms with Crippen molar-refractivity contribution in [1.82, 2.24) is 20.1 Å². The normalized spacial score (nSPS) is 14.6. The number of ether oxygens (including phenoxy) is 1. The maximum Gasteiger partial charge on any atom is 0.233 e. The molecular formula is C21H24N4O3S. The van der Waals surface area contributed by atoms with E-state index < -0.39 is 0 Å². The number of aromatic nitrogens is 3. The highest BCUT2D eigenvalue weighted by molar-refractivity contribution is 8.00. The summed E-state index contributed by atoms with van der Waals surface area (Å²) < 4.78 is 12.7. The lowest BCUT2D eigenvalue weighted by molar-refractivity contribution is -0.120. The van der Waals surface area contributed by atoms with Crippen LogP contribution in [0.15, 0.2) is 52.2 Å². The fraction of sp³-hybridized carbons (Fsp3) is 0.381. The van der Waals surface area contributed by atoms with E-state index in [4.69, 9.17) is 9.15 Å². The summed E-state index contributed by atoms with van der Waals surface area (Å²) in [6.45, 7) is 2.94. The van der Waals surface area contributed by atoms with Gasteiger partial charge in [-0.2, -0.15) is 0 Å². The lowest BCUT2D eigenvalue weighted by Gasteiger charge is -2.13. The summed E-state index contributed by atoms with van der Waals surface area (Å²) in [7, 11) is 1.63. The van der Waals surface area contributed by atoms with Gasteiger partial charge in [0.2, 0.25) is 5.91 Å². The number of nitrogens with zero attached hydrogens (tertiary/aromatic N) is 3. The third kappa shape index (κ3) is 4.82. The molecule has 1 aliphatic rings. The largest absolute Gasteiger partial charge is 0.497 e. The van der Waals surface area contributed by atoms with Crippen LogP contribution >= 0.6 is 11.8 Å². The third-order valence-electron chi connectivity index (χ3n) is 4.86. The van der Waals surface area contributed by atoms with Crippen molar-refractivity contribution >= 4 is 17.7 Å². The molecule has 7 nitrogen and oxygen atoms in total. The summed E-state index contributed by atoms with van der Waals surface area (Å²) in [5, 5.41) is 12.2. The number of nitrogens with one attached hydrogen (secondary N) is 1. The molecule has 1 unspecified atom stereocenters. The Morgan fingerprint density at radius 1 is 1.31 bits per heavy atom. The number of furan rings is 1. The van der Waals surface area contributed by atoms with Crippen molar-refractivity contribution in [2.24, 2.45) is 0 Å². The number of thioether (sulfide) groups is 1. The predicted molar refractivity (Wildman–Crippen MR) is 110 cm³/mol. The lowest BCUT2D eigenvalue weighted by atomic mass is 10.2. The van der Waals surface area contributed by atoms with E-state index in [0.717, 1.165) is 40.9 Å². The molecule has 2 heterocycles. The first-order valence-electron chi connectivity index (χ1n) is 9.67. The zero-order valence-electron chi connectivity index (χ0n) is 16.5. The third-order valence-corrected chi connectivity index (χ3v) is 5.94. The zero-order valence-corrected chi connectivity index (χ0v) is 17.3. The Morgan fingerprint density at radius 2 is 2.10 bits per heavy atom. The van der Waals surface area contributed by atoms with Crippen molar-refractivity contribution < 1.29 is 13.9 Å². The molecular weight excluding hydrogens is 388 g/mol. The Bertz CT molecular complexity index is 949. The van der Waals surface area contributed by atoms with E-state index in [0.29, 0.717) is 19.0 Å². The molecule has 0 radical (unpaired) electrons. The maximum atomic E-state index is 12.6. The zero-order chi connectivity index (χ0) is 20.2. The van der Waals surface area contributed by atoms with Gasteiger partial charge in [-0.3, -0.25) is 9.36 Å². The van der Waals surface area contributed by atoms with Gasteiger partial charge in [0, 0.05) is 12.5 Å². The van der Waals surface area contributed by atoms with Crippen LogP contribution in [-0.4, -0.2) is 33.0 Å². The Balaban J connectivity index is 1.39. The summed E-state index contributed by atoms with van der Waals surface area (Å²) in [5.74, 6) is 3.06. The molecule has 8 heteroatoms. The minimum absolute atomic E-state index is 0.0358. The van der Waals surface area contributed by atoms with Crippen molar-refractivity contribution in [3.05, 3.63) is 59.8 Å². The van der Waals surface area contributed by atoms with Gasteiger partial charge >= 0.3 is 0 Å². The van der Waals surface area contributed by atoms with Gasteiger partial charge in [-0.25, -0.2) is 0 Å². The van der Waals surface area contributed by atoms with Gasteiger partial charge in [0.1, 0.15) is 17.3 Å². The molecule has 29 heavy (non-hydrogen) atoms. The van der Waals surface area contributed by atoms with Gasteiger partial charge in [0.25, 0.3) is 0 Å². The van der Waals surface area contributed by atoms with E-state index >= 15 is 0 Å². The molecule has 1 N–H and O–H groups in total. The second kappa shape index (κ2) is 8.73. The predicted octanol–water partition coefficient (Wildman–Crippen LogP) is 3.60. The average Bonchev–Trinajstić information content (AvgIpc) is 3.32. The van der Waals surface area contributed by atoms with Crippen molar-refractivity contribution in [1.29, 1.82) is 0 Å². The second-order valence-corrected chi connectivity index (χ2v) is 8.41. The highest BCUT2D eigenvalue weighted by atomic mass is 32.2. The van der Waals surface area contributed by atoms with Gasteiger partial charge in [-0.05, 0) is 49.6 Å². The number of amides is 1. The monoisotopic (exact) mass is 412 g/mol. The van der Waals surface area contributed by atoms with Crippen LogP contribution in [0.5, 0.6) is 5.75 Å². The number of rotatable bonds is 9. The smallest absolute Gasteiger partial charge is 0.233 e. The molecule has 0 saturated heterocycles. The quantitative estimate of drug-likeness (QED) is 0.541. The molecule has 0 spiro atoms.